The average molecular weight is 489 g/mol. The number of amidine groups is 1. The van der Waals surface area contributed by atoms with Gasteiger partial charge in [-0.05, 0) is 56.0 Å². The van der Waals surface area contributed by atoms with Crippen LogP contribution < -0.4 is 10.2 Å². The number of benzene rings is 2. The number of amides is 1. The minimum atomic E-state index is -3.91. The number of carbonyl (C=O) groups is 1. The number of carbonyl (C=O) groups excluding carboxylic acids is 1. The highest BCUT2D eigenvalue weighted by molar-refractivity contribution is 7.90. The second-order valence-electron chi connectivity index (χ2n) is 8.15. The van der Waals surface area contributed by atoms with Crippen molar-refractivity contribution < 1.29 is 13.2 Å². The second kappa shape index (κ2) is 7.83. The molecule has 0 radical (unpaired) electrons. The van der Waals surface area contributed by atoms with Crippen molar-refractivity contribution in [2.75, 3.05) is 16.8 Å². The van der Waals surface area contributed by atoms with Crippen LogP contribution in [0.15, 0.2) is 33.6 Å². The Balaban J connectivity index is 1.52. The summed E-state index contributed by atoms with van der Waals surface area (Å²) in [5.74, 6) is 0.0375. The van der Waals surface area contributed by atoms with Gasteiger partial charge >= 0.3 is 0 Å². The monoisotopic (exact) mass is 488 g/mol. The molecule has 7 nitrogen and oxygen atoms in total. The fraction of sp³-hybridized carbons (Fsp3) is 0.318. The lowest BCUT2D eigenvalue weighted by atomic mass is 10.1. The zero-order valence-electron chi connectivity index (χ0n) is 17.6. The molecule has 0 saturated carbocycles. The molecule has 0 spiro atoms. The van der Waals surface area contributed by atoms with Gasteiger partial charge < -0.3 is 4.90 Å². The average Bonchev–Trinajstić information content (AvgIpc) is 2.96. The number of fused-ring (bicyclic) bond motifs is 4. The third kappa shape index (κ3) is 3.68. The lowest BCUT2D eigenvalue weighted by molar-refractivity contribution is 0.102. The quantitative estimate of drug-likeness (QED) is 0.528. The third-order valence-corrected chi connectivity index (χ3v) is 8.30. The van der Waals surface area contributed by atoms with Crippen molar-refractivity contribution in [3.63, 3.8) is 0 Å². The van der Waals surface area contributed by atoms with Crippen LogP contribution in [-0.4, -0.2) is 31.7 Å². The first-order valence-corrected chi connectivity index (χ1v) is 13.0. The number of halogens is 1. The lowest BCUT2D eigenvalue weighted by Gasteiger charge is -2.30. The number of rotatable bonds is 2. The summed E-state index contributed by atoms with van der Waals surface area (Å²) < 4.78 is 30.7. The topological polar surface area (TPSA) is 91.7 Å². The fourth-order valence-electron chi connectivity index (χ4n) is 4.26. The Bertz CT molecular complexity index is 1410. The van der Waals surface area contributed by atoms with Crippen LogP contribution in [0.1, 0.15) is 47.2 Å². The summed E-state index contributed by atoms with van der Waals surface area (Å²) in [4.78, 5) is 19.5. The molecule has 1 aromatic heterocycles. The van der Waals surface area contributed by atoms with Gasteiger partial charge in [0.2, 0.25) is 0 Å². The molecule has 0 unspecified atom stereocenters. The van der Waals surface area contributed by atoms with Crippen molar-refractivity contribution >= 4 is 65.7 Å². The predicted octanol–water partition coefficient (Wildman–Crippen LogP) is 5.30. The number of aryl methyl sites for hydroxylation is 2. The van der Waals surface area contributed by atoms with E-state index in [0.717, 1.165) is 40.6 Å². The number of nitrogens with zero attached hydrogens (tertiary/aromatic N) is 3. The van der Waals surface area contributed by atoms with Gasteiger partial charge in [0.05, 0.1) is 26.5 Å². The van der Waals surface area contributed by atoms with E-state index in [1.807, 2.05) is 30.9 Å². The Morgan fingerprint density at radius 1 is 1.16 bits per heavy atom. The van der Waals surface area contributed by atoms with Gasteiger partial charge in [-0.15, -0.1) is 4.40 Å². The Morgan fingerprint density at radius 2 is 1.97 bits per heavy atom. The van der Waals surface area contributed by atoms with Crippen LogP contribution in [0.3, 0.4) is 0 Å². The summed E-state index contributed by atoms with van der Waals surface area (Å²) in [6.07, 6.45) is 3.46. The molecule has 3 heterocycles. The van der Waals surface area contributed by atoms with Gasteiger partial charge in [0.25, 0.3) is 15.9 Å². The number of thiazole rings is 1. The molecule has 0 atom stereocenters. The lowest BCUT2D eigenvalue weighted by Crippen LogP contribution is -2.35. The number of hydrogen-bond donors (Lipinski definition) is 1. The van der Waals surface area contributed by atoms with Crippen LogP contribution in [0.4, 0.5) is 10.8 Å². The Morgan fingerprint density at radius 3 is 2.78 bits per heavy atom. The maximum Gasteiger partial charge on any atom is 0.286 e. The zero-order valence-corrected chi connectivity index (χ0v) is 20.0. The summed E-state index contributed by atoms with van der Waals surface area (Å²) in [5, 5.41) is 3.40. The molecule has 10 heteroatoms. The van der Waals surface area contributed by atoms with E-state index in [1.54, 1.807) is 6.07 Å². The summed E-state index contributed by atoms with van der Waals surface area (Å²) in [5.41, 5.74) is 3.55. The van der Waals surface area contributed by atoms with Crippen molar-refractivity contribution in [1.29, 1.82) is 0 Å². The van der Waals surface area contributed by atoms with Crippen LogP contribution in [-0.2, 0) is 10.0 Å². The van der Waals surface area contributed by atoms with E-state index < -0.39 is 15.9 Å². The minimum Gasteiger partial charge on any atom is -0.328 e. The summed E-state index contributed by atoms with van der Waals surface area (Å²) in [6, 6.07) is 6.95. The number of anilines is 2. The minimum absolute atomic E-state index is 0.00784. The fourth-order valence-corrected chi connectivity index (χ4v) is 6.81. The van der Waals surface area contributed by atoms with Gasteiger partial charge in [-0.2, -0.15) is 8.42 Å². The molecule has 1 saturated heterocycles. The van der Waals surface area contributed by atoms with Crippen LogP contribution in [0.25, 0.3) is 10.2 Å². The van der Waals surface area contributed by atoms with Gasteiger partial charge in [0.15, 0.2) is 5.13 Å². The maximum absolute atomic E-state index is 13.0. The Hall–Kier alpha value is -2.49. The van der Waals surface area contributed by atoms with Gasteiger partial charge in [-0.25, -0.2) is 4.98 Å². The van der Waals surface area contributed by atoms with Crippen LogP contribution in [0.2, 0.25) is 5.02 Å². The molecular formula is C22H21ClN4O3S2. The summed E-state index contributed by atoms with van der Waals surface area (Å²) >= 11 is 7.84. The van der Waals surface area contributed by atoms with E-state index in [9.17, 15) is 13.2 Å². The highest BCUT2D eigenvalue weighted by atomic mass is 35.5. The van der Waals surface area contributed by atoms with E-state index >= 15 is 0 Å². The maximum atomic E-state index is 13.0. The van der Waals surface area contributed by atoms with Gasteiger partial charge in [-0.3, -0.25) is 10.1 Å². The normalized spacial score (nSPS) is 17.3. The molecule has 3 aromatic rings. The molecule has 0 bridgehead atoms. The van der Waals surface area contributed by atoms with E-state index in [2.05, 4.69) is 14.7 Å². The van der Waals surface area contributed by atoms with Crippen LogP contribution in [0.5, 0.6) is 0 Å². The largest absolute Gasteiger partial charge is 0.328 e. The first kappa shape index (κ1) is 21.4. The van der Waals surface area contributed by atoms with Crippen molar-refractivity contribution in [3.05, 3.63) is 46.0 Å². The summed E-state index contributed by atoms with van der Waals surface area (Å²) in [7, 11) is -3.91. The Labute approximate surface area is 195 Å². The van der Waals surface area contributed by atoms with Crippen molar-refractivity contribution in [1.82, 2.24) is 4.98 Å². The van der Waals surface area contributed by atoms with Crippen LogP contribution in [0, 0.1) is 13.8 Å². The van der Waals surface area contributed by atoms with Crippen molar-refractivity contribution in [2.24, 2.45) is 4.40 Å². The van der Waals surface area contributed by atoms with Gasteiger partial charge in [0.1, 0.15) is 10.7 Å². The molecule has 2 aliphatic rings. The summed E-state index contributed by atoms with van der Waals surface area (Å²) in [6.45, 7) is 4.66. The van der Waals surface area contributed by atoms with E-state index in [0.29, 0.717) is 29.6 Å². The predicted molar refractivity (Wildman–Crippen MR) is 129 cm³/mol. The first-order valence-electron chi connectivity index (χ1n) is 10.4. The standard InChI is InChI=1S/C22H21ClN4O3S2/c1-12-8-13(2)20-17(9-12)31-22(24-20)25-21(28)14-10-18-16(11-15(14)23)27-7-5-3-4-6-19(27)26-32(18,29)30/h8-11H,3-7H2,1-2H3,(H,24,25,28). The molecule has 1 fully saturated rings. The van der Waals surface area contributed by atoms with E-state index in [1.165, 1.54) is 17.4 Å². The highest BCUT2D eigenvalue weighted by Gasteiger charge is 2.33. The molecule has 2 aromatic carbocycles. The third-order valence-electron chi connectivity index (χ3n) is 5.73. The van der Waals surface area contributed by atoms with Gasteiger partial charge in [0, 0.05) is 13.0 Å². The molecule has 5 rings (SSSR count). The number of nitrogens with one attached hydrogen (secondary N) is 1. The smallest absolute Gasteiger partial charge is 0.286 e. The van der Waals surface area contributed by atoms with E-state index in [-0.39, 0.29) is 15.5 Å². The number of hydrogen-bond acceptors (Lipinski definition) is 6. The first-order chi connectivity index (χ1) is 15.2. The Kier molecular flexibility index (Phi) is 5.22. The van der Waals surface area contributed by atoms with Crippen molar-refractivity contribution in [2.45, 2.75) is 44.4 Å². The molecule has 32 heavy (non-hydrogen) atoms. The van der Waals surface area contributed by atoms with E-state index in [4.69, 9.17) is 11.6 Å². The molecule has 2 aliphatic heterocycles. The molecule has 1 N–H and O–H groups in total. The van der Waals surface area contributed by atoms with Crippen molar-refractivity contribution in [3.8, 4) is 0 Å². The molecule has 0 aliphatic carbocycles. The SMILES string of the molecule is Cc1cc(C)c2nc(NC(=O)c3cc4c(cc3Cl)N3CCCCCC3=NS4(=O)=O)sc2c1. The molecule has 166 valence electrons. The second-order valence-corrected chi connectivity index (χ2v) is 11.2. The zero-order chi connectivity index (χ0) is 22.6. The molecule has 1 amide bonds. The highest BCUT2D eigenvalue weighted by Crippen LogP contribution is 2.38. The van der Waals surface area contributed by atoms with Gasteiger partial charge in [-0.1, -0.05) is 35.4 Å². The number of aromatic nitrogens is 1. The molecular weight excluding hydrogens is 468 g/mol. The number of sulfonamides is 1. The van der Waals surface area contributed by atoms with Crippen LogP contribution >= 0.6 is 22.9 Å².